The molecule has 1 heterocycles. The first kappa shape index (κ1) is 12.8. The normalized spacial score (nSPS) is 24.0. The average molecular weight is 298 g/mol. The molecule has 0 bridgehead atoms. The monoisotopic (exact) mass is 297 g/mol. The Bertz CT molecular complexity index is 394. The number of hydrogen-bond donors (Lipinski definition) is 1. The van der Waals surface area contributed by atoms with Crippen LogP contribution in [-0.4, -0.2) is 24.6 Å². The summed E-state index contributed by atoms with van der Waals surface area (Å²) in [5.74, 6) is 1.64. The lowest BCUT2D eigenvalue weighted by atomic mass is 10.0. The maximum absolute atomic E-state index is 5.85. The lowest BCUT2D eigenvalue weighted by molar-refractivity contribution is 0.472. The van der Waals surface area contributed by atoms with Crippen LogP contribution in [0.3, 0.4) is 0 Å². The Morgan fingerprint density at radius 1 is 1.53 bits per heavy atom. The van der Waals surface area contributed by atoms with Crippen LogP contribution in [0.2, 0.25) is 0 Å². The molecule has 2 N–H and O–H groups in total. The van der Waals surface area contributed by atoms with Crippen molar-refractivity contribution in [2.75, 3.05) is 18.5 Å². The van der Waals surface area contributed by atoms with Gasteiger partial charge in [-0.05, 0) is 59.8 Å². The van der Waals surface area contributed by atoms with E-state index in [1.807, 2.05) is 12.3 Å². The summed E-state index contributed by atoms with van der Waals surface area (Å²) in [6.45, 7) is 2.87. The van der Waals surface area contributed by atoms with Gasteiger partial charge in [-0.3, -0.25) is 0 Å². The van der Waals surface area contributed by atoms with Gasteiger partial charge in [-0.2, -0.15) is 0 Å². The first-order valence-electron chi connectivity index (χ1n) is 6.19. The standard InChI is InChI=1S/C13H20BrN3/c1-9-6-7-16-13(12(9)14)17(2)11-5-3-4-10(11)8-15/h6-7,10-11H,3-5,8,15H2,1-2H3. The maximum Gasteiger partial charge on any atom is 0.143 e. The van der Waals surface area contributed by atoms with E-state index in [0.717, 1.165) is 16.8 Å². The van der Waals surface area contributed by atoms with Gasteiger partial charge in [0.25, 0.3) is 0 Å². The van der Waals surface area contributed by atoms with Crippen molar-refractivity contribution < 1.29 is 0 Å². The second kappa shape index (κ2) is 5.36. The predicted octanol–water partition coefficient (Wildman–Crippen LogP) is 2.72. The van der Waals surface area contributed by atoms with Gasteiger partial charge in [0.1, 0.15) is 5.82 Å². The van der Waals surface area contributed by atoms with E-state index in [1.165, 1.54) is 24.8 Å². The van der Waals surface area contributed by atoms with Crippen molar-refractivity contribution in [2.24, 2.45) is 11.7 Å². The van der Waals surface area contributed by atoms with E-state index in [9.17, 15) is 0 Å². The van der Waals surface area contributed by atoms with Gasteiger partial charge >= 0.3 is 0 Å². The van der Waals surface area contributed by atoms with Gasteiger partial charge in [-0.15, -0.1) is 0 Å². The summed E-state index contributed by atoms with van der Waals surface area (Å²) in [5.41, 5.74) is 7.08. The van der Waals surface area contributed by atoms with Crippen LogP contribution in [0.15, 0.2) is 16.7 Å². The van der Waals surface area contributed by atoms with Crippen LogP contribution in [0, 0.1) is 12.8 Å². The van der Waals surface area contributed by atoms with Crippen molar-refractivity contribution in [2.45, 2.75) is 32.2 Å². The van der Waals surface area contributed by atoms with E-state index in [-0.39, 0.29) is 0 Å². The fourth-order valence-corrected chi connectivity index (χ4v) is 3.25. The van der Waals surface area contributed by atoms with E-state index in [0.29, 0.717) is 12.0 Å². The fourth-order valence-electron chi connectivity index (χ4n) is 2.73. The Kier molecular flexibility index (Phi) is 4.05. The summed E-state index contributed by atoms with van der Waals surface area (Å²) >= 11 is 3.63. The first-order valence-corrected chi connectivity index (χ1v) is 6.98. The molecule has 2 rings (SSSR count). The van der Waals surface area contributed by atoms with Crippen LogP contribution < -0.4 is 10.6 Å². The molecule has 0 amide bonds. The van der Waals surface area contributed by atoms with Crippen molar-refractivity contribution in [3.63, 3.8) is 0 Å². The zero-order valence-corrected chi connectivity index (χ0v) is 12.1. The molecule has 1 aromatic rings. The quantitative estimate of drug-likeness (QED) is 0.933. The summed E-state index contributed by atoms with van der Waals surface area (Å²) in [6.07, 6.45) is 5.62. The molecule has 1 aliphatic carbocycles. The van der Waals surface area contributed by atoms with Crippen LogP contribution in [0.25, 0.3) is 0 Å². The SMILES string of the molecule is Cc1ccnc(N(C)C2CCCC2CN)c1Br. The molecule has 0 spiro atoms. The Morgan fingerprint density at radius 2 is 2.29 bits per heavy atom. The second-order valence-corrected chi connectivity index (χ2v) is 5.66. The number of anilines is 1. The highest BCUT2D eigenvalue weighted by atomic mass is 79.9. The van der Waals surface area contributed by atoms with Gasteiger partial charge in [-0.1, -0.05) is 6.42 Å². The van der Waals surface area contributed by atoms with E-state index < -0.39 is 0 Å². The highest BCUT2D eigenvalue weighted by molar-refractivity contribution is 9.10. The summed E-state index contributed by atoms with van der Waals surface area (Å²) in [5, 5.41) is 0. The third-order valence-corrected chi connectivity index (χ3v) is 4.80. The number of nitrogens with zero attached hydrogens (tertiary/aromatic N) is 2. The molecule has 2 unspecified atom stereocenters. The highest BCUT2D eigenvalue weighted by Crippen LogP contribution is 2.34. The fraction of sp³-hybridized carbons (Fsp3) is 0.615. The molecule has 94 valence electrons. The molecule has 0 aromatic carbocycles. The topological polar surface area (TPSA) is 42.2 Å². The van der Waals surface area contributed by atoms with E-state index in [2.05, 4.69) is 39.8 Å². The molecule has 17 heavy (non-hydrogen) atoms. The largest absolute Gasteiger partial charge is 0.355 e. The molecule has 0 aliphatic heterocycles. The molecule has 3 nitrogen and oxygen atoms in total. The third-order valence-electron chi connectivity index (χ3n) is 3.82. The van der Waals surface area contributed by atoms with E-state index in [1.54, 1.807) is 0 Å². The van der Waals surface area contributed by atoms with E-state index in [4.69, 9.17) is 5.73 Å². The van der Waals surface area contributed by atoms with Crippen LogP contribution in [0.5, 0.6) is 0 Å². The van der Waals surface area contributed by atoms with Crippen molar-refractivity contribution in [1.82, 2.24) is 4.98 Å². The molecule has 1 saturated carbocycles. The van der Waals surface area contributed by atoms with Gasteiger partial charge in [0.2, 0.25) is 0 Å². The Morgan fingerprint density at radius 3 is 3.00 bits per heavy atom. The number of pyridine rings is 1. The Hall–Kier alpha value is -0.610. The summed E-state index contributed by atoms with van der Waals surface area (Å²) in [4.78, 5) is 6.78. The Labute approximate surface area is 112 Å². The molecule has 0 saturated heterocycles. The molecule has 0 radical (unpaired) electrons. The van der Waals surface area contributed by atoms with Crippen LogP contribution in [-0.2, 0) is 0 Å². The van der Waals surface area contributed by atoms with Gasteiger partial charge in [0.05, 0.1) is 4.47 Å². The van der Waals surface area contributed by atoms with Crippen molar-refractivity contribution in [1.29, 1.82) is 0 Å². The molecular weight excluding hydrogens is 278 g/mol. The number of aryl methyl sites for hydroxylation is 1. The molecular formula is C13H20BrN3. The smallest absolute Gasteiger partial charge is 0.143 e. The van der Waals surface area contributed by atoms with Crippen LogP contribution in [0.1, 0.15) is 24.8 Å². The Balaban J connectivity index is 2.24. The maximum atomic E-state index is 5.85. The van der Waals surface area contributed by atoms with Crippen LogP contribution >= 0.6 is 15.9 Å². The summed E-state index contributed by atoms with van der Waals surface area (Å²) < 4.78 is 1.10. The van der Waals surface area contributed by atoms with Crippen molar-refractivity contribution >= 4 is 21.7 Å². The van der Waals surface area contributed by atoms with Crippen LogP contribution in [0.4, 0.5) is 5.82 Å². The second-order valence-electron chi connectivity index (χ2n) is 4.87. The van der Waals surface area contributed by atoms with Gasteiger partial charge in [0, 0.05) is 19.3 Å². The minimum Gasteiger partial charge on any atom is -0.355 e. The number of nitrogens with two attached hydrogens (primary N) is 1. The van der Waals surface area contributed by atoms with Gasteiger partial charge in [-0.25, -0.2) is 4.98 Å². The molecule has 4 heteroatoms. The van der Waals surface area contributed by atoms with Crippen molar-refractivity contribution in [3.05, 3.63) is 22.3 Å². The number of hydrogen-bond acceptors (Lipinski definition) is 3. The van der Waals surface area contributed by atoms with E-state index >= 15 is 0 Å². The lowest BCUT2D eigenvalue weighted by Gasteiger charge is -2.31. The highest BCUT2D eigenvalue weighted by Gasteiger charge is 2.30. The molecule has 1 aliphatic rings. The van der Waals surface area contributed by atoms with Gasteiger partial charge < -0.3 is 10.6 Å². The minimum atomic E-state index is 0.533. The van der Waals surface area contributed by atoms with Gasteiger partial charge in [0.15, 0.2) is 0 Å². The van der Waals surface area contributed by atoms with Crippen molar-refractivity contribution in [3.8, 4) is 0 Å². The predicted molar refractivity (Wildman–Crippen MR) is 75.3 cm³/mol. The molecule has 1 aromatic heterocycles. The minimum absolute atomic E-state index is 0.533. The lowest BCUT2D eigenvalue weighted by Crippen LogP contribution is -2.38. The number of aromatic nitrogens is 1. The summed E-state index contributed by atoms with van der Waals surface area (Å²) in [7, 11) is 2.13. The number of halogens is 1. The number of rotatable bonds is 3. The first-order chi connectivity index (χ1) is 8.15. The molecule has 2 atom stereocenters. The summed E-state index contributed by atoms with van der Waals surface area (Å²) in [6, 6.07) is 2.56. The average Bonchev–Trinajstić information content (AvgIpc) is 2.80. The zero-order chi connectivity index (χ0) is 12.4. The third kappa shape index (κ3) is 2.47. The zero-order valence-electron chi connectivity index (χ0n) is 10.5. The molecule has 1 fully saturated rings.